The molecule has 16 heavy (non-hydrogen) atoms. The van der Waals surface area contributed by atoms with Crippen molar-refractivity contribution in [3.63, 3.8) is 0 Å². The summed E-state index contributed by atoms with van der Waals surface area (Å²) in [6.45, 7) is 0. The van der Waals surface area contributed by atoms with Gasteiger partial charge in [-0.1, -0.05) is 42.5 Å². The summed E-state index contributed by atoms with van der Waals surface area (Å²) >= 11 is 6.88. The Hall–Kier alpha value is -0.680. The summed E-state index contributed by atoms with van der Waals surface area (Å²) in [5.74, 6) is 0. The molecule has 0 bridgehead atoms. The highest BCUT2D eigenvalue weighted by Gasteiger charge is 2.06. The molecule has 0 spiro atoms. The van der Waals surface area contributed by atoms with Crippen molar-refractivity contribution in [2.75, 3.05) is 5.32 Å². The fourth-order valence-electron chi connectivity index (χ4n) is 1.44. The molecule has 0 aliphatic heterocycles. The van der Waals surface area contributed by atoms with Crippen molar-refractivity contribution < 1.29 is 0 Å². The van der Waals surface area contributed by atoms with Crippen molar-refractivity contribution in [2.45, 2.75) is 5.37 Å². The van der Waals surface area contributed by atoms with Crippen molar-refractivity contribution in [3.8, 4) is 0 Å². The molecule has 0 heterocycles. The third-order valence-electron chi connectivity index (χ3n) is 2.28. The number of hydrogen-bond donors (Lipinski definition) is 2. The maximum atomic E-state index is 4.56. The van der Waals surface area contributed by atoms with Gasteiger partial charge in [-0.2, -0.15) is 0 Å². The number of para-hydroxylation sites is 1. The van der Waals surface area contributed by atoms with Crippen LogP contribution in [-0.4, -0.2) is 0 Å². The number of hydrogen-bond acceptors (Lipinski definition) is 2. The van der Waals surface area contributed by atoms with Crippen LogP contribution in [-0.2, 0) is 0 Å². The Kier molecular flexibility index (Phi) is 4.12. The maximum absolute atomic E-state index is 4.56. The molecule has 1 unspecified atom stereocenters. The molecule has 1 atom stereocenters. The summed E-state index contributed by atoms with van der Waals surface area (Å²) < 4.78 is 1.20. The second-order valence-corrected chi connectivity index (χ2v) is 5.12. The Bertz CT molecular complexity index is 458. The lowest BCUT2D eigenvalue weighted by Crippen LogP contribution is -2.05. The smallest absolute Gasteiger partial charge is 0.0951 e. The average Bonchev–Trinajstić information content (AvgIpc) is 2.33. The van der Waals surface area contributed by atoms with Gasteiger partial charge in [0.15, 0.2) is 0 Å². The first kappa shape index (κ1) is 11.8. The van der Waals surface area contributed by atoms with Gasteiger partial charge in [0.25, 0.3) is 0 Å². The van der Waals surface area contributed by atoms with E-state index in [0.29, 0.717) is 0 Å². The predicted octanol–water partition coefficient (Wildman–Crippen LogP) is 4.33. The minimum Gasteiger partial charge on any atom is -0.369 e. The van der Waals surface area contributed by atoms with Crippen LogP contribution in [0.5, 0.6) is 0 Å². The summed E-state index contributed by atoms with van der Waals surface area (Å²) in [6, 6.07) is 18.4. The topological polar surface area (TPSA) is 12.0 Å². The summed E-state index contributed by atoms with van der Waals surface area (Å²) in [5.41, 5.74) is 2.29. The molecule has 0 fully saturated rings. The molecule has 1 N–H and O–H groups in total. The van der Waals surface area contributed by atoms with Gasteiger partial charge in [0.1, 0.15) is 0 Å². The van der Waals surface area contributed by atoms with Gasteiger partial charge in [0, 0.05) is 9.26 Å². The first-order chi connectivity index (χ1) is 7.77. The number of halogens is 1. The Morgan fingerprint density at radius 3 is 2.25 bits per heavy atom. The number of thiol groups is 1. The molecule has 2 aromatic carbocycles. The van der Waals surface area contributed by atoms with Crippen molar-refractivity contribution in [3.05, 3.63) is 63.7 Å². The van der Waals surface area contributed by atoms with Gasteiger partial charge in [-0.3, -0.25) is 0 Å². The SMILES string of the molecule is SC(Nc1ccccc1I)c1ccccc1. The minimum absolute atomic E-state index is 0.0251. The van der Waals surface area contributed by atoms with Crippen LogP contribution in [0, 0.1) is 3.57 Å². The van der Waals surface area contributed by atoms with E-state index in [1.54, 1.807) is 0 Å². The number of rotatable bonds is 3. The number of benzene rings is 2. The lowest BCUT2D eigenvalue weighted by atomic mass is 10.2. The minimum atomic E-state index is 0.0251. The average molecular weight is 341 g/mol. The normalized spacial score (nSPS) is 12.1. The molecule has 0 saturated carbocycles. The largest absolute Gasteiger partial charge is 0.369 e. The van der Waals surface area contributed by atoms with E-state index >= 15 is 0 Å². The van der Waals surface area contributed by atoms with Crippen LogP contribution in [0.2, 0.25) is 0 Å². The molecule has 0 saturated heterocycles. The summed E-state index contributed by atoms with van der Waals surface area (Å²) in [5, 5.41) is 3.41. The fourth-order valence-corrected chi connectivity index (χ4v) is 2.30. The molecule has 2 rings (SSSR count). The molecule has 82 valence electrons. The van der Waals surface area contributed by atoms with Gasteiger partial charge in [0.2, 0.25) is 0 Å². The zero-order valence-electron chi connectivity index (χ0n) is 8.60. The van der Waals surface area contributed by atoms with E-state index in [9.17, 15) is 0 Å². The quantitative estimate of drug-likeness (QED) is 0.481. The Labute approximate surface area is 115 Å². The Balaban J connectivity index is 2.14. The van der Waals surface area contributed by atoms with Gasteiger partial charge in [-0.25, -0.2) is 0 Å². The Morgan fingerprint density at radius 1 is 0.938 bits per heavy atom. The van der Waals surface area contributed by atoms with E-state index in [2.05, 4.69) is 64.8 Å². The molecule has 2 aromatic rings. The lowest BCUT2D eigenvalue weighted by molar-refractivity contribution is 1.12. The zero-order chi connectivity index (χ0) is 11.4. The molecule has 0 aliphatic rings. The van der Waals surface area contributed by atoms with Gasteiger partial charge in [-0.05, 0) is 40.3 Å². The second kappa shape index (κ2) is 5.59. The third kappa shape index (κ3) is 2.92. The van der Waals surface area contributed by atoms with Crippen LogP contribution in [0.1, 0.15) is 10.9 Å². The number of nitrogens with one attached hydrogen (secondary N) is 1. The first-order valence-corrected chi connectivity index (χ1v) is 6.61. The van der Waals surface area contributed by atoms with Gasteiger partial charge in [0.05, 0.1) is 5.37 Å². The van der Waals surface area contributed by atoms with Crippen molar-refractivity contribution in [2.24, 2.45) is 0 Å². The van der Waals surface area contributed by atoms with E-state index in [1.807, 2.05) is 30.3 Å². The standard InChI is InChI=1S/C13H12INS/c14-11-8-4-5-9-12(11)15-13(16)10-6-2-1-3-7-10/h1-9,13,15-16H. The summed E-state index contributed by atoms with van der Waals surface area (Å²) in [6.07, 6.45) is 0. The molecule has 3 heteroatoms. The highest BCUT2D eigenvalue weighted by atomic mass is 127. The zero-order valence-corrected chi connectivity index (χ0v) is 11.7. The first-order valence-electron chi connectivity index (χ1n) is 5.01. The van der Waals surface area contributed by atoms with E-state index in [-0.39, 0.29) is 5.37 Å². The molecule has 0 aromatic heterocycles. The van der Waals surface area contributed by atoms with Crippen LogP contribution in [0.15, 0.2) is 54.6 Å². The van der Waals surface area contributed by atoms with E-state index in [1.165, 1.54) is 9.13 Å². The van der Waals surface area contributed by atoms with E-state index in [4.69, 9.17) is 0 Å². The monoisotopic (exact) mass is 341 g/mol. The molecule has 0 amide bonds. The third-order valence-corrected chi connectivity index (χ3v) is 3.65. The highest BCUT2D eigenvalue weighted by Crippen LogP contribution is 2.25. The summed E-state index contributed by atoms with van der Waals surface area (Å²) in [4.78, 5) is 0. The highest BCUT2D eigenvalue weighted by molar-refractivity contribution is 14.1. The molecule has 0 aliphatic carbocycles. The van der Waals surface area contributed by atoms with Crippen molar-refractivity contribution in [1.82, 2.24) is 0 Å². The summed E-state index contributed by atoms with van der Waals surface area (Å²) in [7, 11) is 0. The van der Waals surface area contributed by atoms with Crippen LogP contribution in [0.4, 0.5) is 5.69 Å². The van der Waals surface area contributed by atoms with Crippen LogP contribution in [0.25, 0.3) is 0 Å². The van der Waals surface area contributed by atoms with Crippen molar-refractivity contribution >= 4 is 40.9 Å². The van der Waals surface area contributed by atoms with E-state index < -0.39 is 0 Å². The number of anilines is 1. The molecule has 1 nitrogen and oxygen atoms in total. The molecule has 0 radical (unpaired) electrons. The molecular formula is C13H12INS. The Morgan fingerprint density at radius 2 is 1.56 bits per heavy atom. The second-order valence-electron chi connectivity index (χ2n) is 3.44. The predicted molar refractivity (Wildman–Crippen MR) is 81.0 cm³/mol. The maximum Gasteiger partial charge on any atom is 0.0951 e. The fraction of sp³-hybridized carbons (Fsp3) is 0.0769. The van der Waals surface area contributed by atoms with Crippen LogP contribution < -0.4 is 5.32 Å². The van der Waals surface area contributed by atoms with Crippen LogP contribution >= 0.6 is 35.2 Å². The van der Waals surface area contributed by atoms with Crippen molar-refractivity contribution in [1.29, 1.82) is 0 Å². The molecular weight excluding hydrogens is 329 g/mol. The van der Waals surface area contributed by atoms with Gasteiger partial charge in [-0.15, -0.1) is 12.6 Å². The van der Waals surface area contributed by atoms with Gasteiger partial charge >= 0.3 is 0 Å². The van der Waals surface area contributed by atoms with Gasteiger partial charge < -0.3 is 5.32 Å². The van der Waals surface area contributed by atoms with Crippen LogP contribution in [0.3, 0.4) is 0 Å². The van der Waals surface area contributed by atoms with E-state index in [0.717, 1.165) is 5.69 Å². The lowest BCUT2D eigenvalue weighted by Gasteiger charge is -2.15.